The zero-order valence-corrected chi connectivity index (χ0v) is 29.6. The molecule has 4 fully saturated rings. The monoisotopic (exact) mass is 762 g/mol. The van der Waals surface area contributed by atoms with Gasteiger partial charge in [0, 0.05) is 50.4 Å². The molecule has 248 valence electrons. The number of carbonyl (C=O) groups excluding carboxylic acids is 2. The molecule has 6 unspecified atom stereocenters. The van der Waals surface area contributed by atoms with Crippen LogP contribution < -0.4 is 19.3 Å². The predicted octanol–water partition coefficient (Wildman–Crippen LogP) is 4.77. The molecule has 0 bridgehead atoms. The molecule has 2 aromatic rings. The van der Waals surface area contributed by atoms with Crippen LogP contribution in [-0.2, 0) is 19.3 Å². The molecular formula is C32H40Br2N6O6. The van der Waals surface area contributed by atoms with Crippen molar-refractivity contribution < 1.29 is 28.7 Å². The van der Waals surface area contributed by atoms with E-state index < -0.39 is 11.9 Å². The van der Waals surface area contributed by atoms with Crippen molar-refractivity contribution in [2.24, 2.45) is 11.8 Å². The topological polar surface area (TPSA) is 110 Å². The number of hydroxylamine groups is 4. The lowest BCUT2D eigenvalue weighted by atomic mass is 10.1. The molecule has 4 aliphatic rings. The second-order valence-electron chi connectivity index (χ2n) is 12.3. The van der Waals surface area contributed by atoms with Crippen LogP contribution in [0.25, 0.3) is 0 Å². The van der Waals surface area contributed by atoms with Crippen LogP contribution in [0.2, 0.25) is 0 Å². The fourth-order valence-electron chi connectivity index (χ4n) is 7.02. The summed E-state index contributed by atoms with van der Waals surface area (Å²) in [5.41, 5.74) is 2.03. The Morgan fingerprint density at radius 2 is 1.20 bits per heavy atom. The van der Waals surface area contributed by atoms with Gasteiger partial charge in [0.25, 0.3) is 0 Å². The number of carbonyl (C=O) groups is 2. The van der Waals surface area contributed by atoms with Crippen molar-refractivity contribution in [1.29, 1.82) is 0 Å². The van der Waals surface area contributed by atoms with Gasteiger partial charge in [-0.25, -0.2) is 19.6 Å². The number of pyridine rings is 2. The van der Waals surface area contributed by atoms with Gasteiger partial charge in [0.05, 0.1) is 59.0 Å². The number of halogens is 2. The molecule has 2 aliphatic carbocycles. The molecule has 0 N–H and O–H groups in total. The van der Waals surface area contributed by atoms with Crippen LogP contribution in [0.1, 0.15) is 39.5 Å². The summed E-state index contributed by atoms with van der Waals surface area (Å²) in [6.07, 6.45) is 10.2. The minimum absolute atomic E-state index is 0.163. The molecule has 0 amide bonds. The number of ether oxygens (including phenoxy) is 2. The summed E-state index contributed by atoms with van der Waals surface area (Å²) < 4.78 is 12.8. The van der Waals surface area contributed by atoms with E-state index in [1.165, 1.54) is 10.1 Å². The molecule has 2 aliphatic heterocycles. The normalized spacial score (nSPS) is 26.0. The van der Waals surface area contributed by atoms with E-state index in [1.54, 1.807) is 14.1 Å². The van der Waals surface area contributed by atoms with Crippen LogP contribution in [-0.4, -0.2) is 96.6 Å². The lowest BCUT2D eigenvalue weighted by Crippen LogP contribution is -2.42. The van der Waals surface area contributed by atoms with Crippen molar-refractivity contribution in [1.82, 2.24) is 20.1 Å². The molecule has 6 atom stereocenters. The van der Waals surface area contributed by atoms with Crippen molar-refractivity contribution in [2.45, 2.75) is 63.7 Å². The minimum Gasteiger partial charge on any atom is -0.477 e. The predicted molar refractivity (Wildman–Crippen MR) is 178 cm³/mol. The summed E-state index contributed by atoms with van der Waals surface area (Å²) in [4.78, 5) is 49.8. The van der Waals surface area contributed by atoms with E-state index in [1.807, 2.05) is 38.4 Å². The van der Waals surface area contributed by atoms with Gasteiger partial charge >= 0.3 is 11.9 Å². The molecule has 4 heterocycles. The van der Waals surface area contributed by atoms with Crippen LogP contribution in [0.3, 0.4) is 0 Å². The number of nitrogens with zero attached hydrogens (tertiary/aromatic N) is 6. The molecule has 2 saturated carbocycles. The molecule has 2 aromatic heterocycles. The van der Waals surface area contributed by atoms with Crippen LogP contribution in [0.15, 0.2) is 45.6 Å². The Bertz CT molecular complexity index is 1370. The molecule has 6 rings (SSSR count). The molecule has 0 spiro atoms. The Morgan fingerprint density at radius 1 is 0.783 bits per heavy atom. The van der Waals surface area contributed by atoms with Gasteiger partial charge in [0.1, 0.15) is 0 Å². The maximum absolute atomic E-state index is 12.6. The highest BCUT2D eigenvalue weighted by Gasteiger charge is 2.53. The van der Waals surface area contributed by atoms with Gasteiger partial charge in [-0.2, -0.15) is 0 Å². The van der Waals surface area contributed by atoms with Crippen molar-refractivity contribution in [2.75, 3.05) is 50.2 Å². The van der Waals surface area contributed by atoms with E-state index in [4.69, 9.17) is 19.1 Å². The lowest BCUT2D eigenvalue weighted by molar-refractivity contribution is -0.181. The van der Waals surface area contributed by atoms with E-state index in [9.17, 15) is 9.59 Å². The average Bonchev–Trinajstić information content (AvgIpc) is 3.88. The molecule has 0 radical (unpaired) electrons. The summed E-state index contributed by atoms with van der Waals surface area (Å²) >= 11 is 7.14. The van der Waals surface area contributed by atoms with Gasteiger partial charge in [-0.05, 0) is 95.4 Å². The SMILES string of the molecule is CCOc1ncc(N2C(CN(C)OC(=O)/C=C/C(=O)ON(C)CC3CC4CC4N3c3cnc(OCC)c(Br)c3)CC3CC32)cc1Br. The van der Waals surface area contributed by atoms with Crippen LogP contribution in [0.4, 0.5) is 11.4 Å². The number of anilines is 2. The quantitative estimate of drug-likeness (QED) is 0.195. The van der Waals surface area contributed by atoms with Crippen LogP contribution in [0.5, 0.6) is 11.8 Å². The Morgan fingerprint density at radius 3 is 1.57 bits per heavy atom. The Balaban J connectivity index is 0.970. The van der Waals surface area contributed by atoms with Gasteiger partial charge in [-0.3, -0.25) is 0 Å². The first-order chi connectivity index (χ1) is 22.1. The van der Waals surface area contributed by atoms with Crippen molar-refractivity contribution in [3.63, 3.8) is 0 Å². The number of likely N-dealkylation sites (N-methyl/N-ethyl adjacent to an activating group) is 2. The van der Waals surface area contributed by atoms with Crippen molar-refractivity contribution in [3.05, 3.63) is 45.6 Å². The van der Waals surface area contributed by atoms with Gasteiger partial charge < -0.3 is 28.9 Å². The lowest BCUT2D eigenvalue weighted by Gasteiger charge is -2.32. The van der Waals surface area contributed by atoms with Crippen LogP contribution >= 0.6 is 31.9 Å². The molecule has 46 heavy (non-hydrogen) atoms. The van der Waals surface area contributed by atoms with E-state index in [2.05, 4.69) is 51.6 Å². The smallest absolute Gasteiger partial charge is 0.349 e. The van der Waals surface area contributed by atoms with E-state index >= 15 is 0 Å². The number of rotatable bonds is 14. The summed E-state index contributed by atoms with van der Waals surface area (Å²) in [6, 6.07) is 5.33. The second kappa shape index (κ2) is 14.0. The highest BCUT2D eigenvalue weighted by atomic mass is 79.9. The highest BCUT2D eigenvalue weighted by Crippen LogP contribution is 2.51. The standard InChI is InChI=1S/C32H40Br2N6O6/c1-5-43-31-25(33)13-21(15-35-31)39-23(9-19-11-27(19)39)17-37(3)45-29(41)7-8-30(42)46-38(4)18-24-10-20-12-28(20)40(24)22-14-26(34)32(36-16-22)44-6-2/h7-8,13-16,19-20,23-24,27-28H,5-6,9-12,17-18H2,1-4H3/b8-7+. The minimum atomic E-state index is -0.641. The summed E-state index contributed by atoms with van der Waals surface area (Å²) in [5.74, 6) is 1.13. The first-order valence-corrected chi connectivity index (χ1v) is 17.4. The van der Waals surface area contributed by atoms with Gasteiger partial charge in [-0.15, -0.1) is 10.1 Å². The number of fused-ring (bicyclic) bond motifs is 2. The van der Waals surface area contributed by atoms with E-state index in [0.717, 1.165) is 58.2 Å². The average molecular weight is 765 g/mol. The van der Waals surface area contributed by atoms with Crippen molar-refractivity contribution in [3.8, 4) is 11.8 Å². The first kappa shape index (κ1) is 33.0. The molecular weight excluding hydrogens is 724 g/mol. The summed E-state index contributed by atoms with van der Waals surface area (Å²) in [6.45, 7) is 5.98. The number of hydrogen-bond donors (Lipinski definition) is 0. The Labute approximate surface area is 286 Å². The Kier molecular flexibility index (Phi) is 10.1. The fourth-order valence-corrected chi connectivity index (χ4v) is 7.92. The number of piperidine rings is 2. The maximum atomic E-state index is 12.6. The van der Waals surface area contributed by atoms with Gasteiger partial charge in [0.15, 0.2) is 0 Å². The summed E-state index contributed by atoms with van der Waals surface area (Å²) in [7, 11) is 3.45. The fraction of sp³-hybridized carbons (Fsp3) is 0.562. The van der Waals surface area contributed by atoms with E-state index in [0.29, 0.717) is 62.0 Å². The van der Waals surface area contributed by atoms with Gasteiger partial charge in [0.2, 0.25) is 11.8 Å². The summed E-state index contributed by atoms with van der Waals surface area (Å²) in [5, 5.41) is 3.05. The molecule has 2 saturated heterocycles. The molecule has 12 nitrogen and oxygen atoms in total. The third-order valence-electron chi connectivity index (χ3n) is 8.95. The number of aromatic nitrogens is 2. The molecule has 14 heteroatoms. The van der Waals surface area contributed by atoms with Crippen molar-refractivity contribution >= 4 is 55.2 Å². The largest absolute Gasteiger partial charge is 0.477 e. The first-order valence-electron chi connectivity index (χ1n) is 15.8. The second-order valence-corrected chi connectivity index (χ2v) is 14.0. The molecule has 0 aromatic carbocycles. The third kappa shape index (κ3) is 7.45. The zero-order chi connectivity index (χ0) is 32.5. The van der Waals surface area contributed by atoms with Gasteiger partial charge in [-0.1, -0.05) is 0 Å². The highest BCUT2D eigenvalue weighted by molar-refractivity contribution is 9.10. The van der Waals surface area contributed by atoms with Crippen LogP contribution in [0, 0.1) is 11.8 Å². The van der Waals surface area contributed by atoms with E-state index in [-0.39, 0.29) is 12.1 Å². The Hall–Kier alpha value is -2.94. The number of hydrogen-bond acceptors (Lipinski definition) is 12. The maximum Gasteiger partial charge on any atom is 0.349 e. The zero-order valence-electron chi connectivity index (χ0n) is 26.5. The third-order valence-corrected chi connectivity index (χ3v) is 10.1.